The Balaban J connectivity index is 1.45. The van der Waals surface area contributed by atoms with Crippen LogP contribution < -0.4 is 4.74 Å². The summed E-state index contributed by atoms with van der Waals surface area (Å²) in [6, 6.07) is 6.46. The maximum atomic E-state index is 6.07. The van der Waals surface area contributed by atoms with Crippen LogP contribution in [0.25, 0.3) is 11.0 Å². The highest BCUT2D eigenvalue weighted by Crippen LogP contribution is 2.21. The standard InChI is InChI=1S/C17H22N6O2/c1-21(8-12-4-5-15-14(6-12)19-20-23(15)3)16-10-24-11-17(16)25-13-7-18-22(2)9-13/h4-7,9,16-17H,8,10-11H2,1-3H3/t16-,17+/m0/s1. The summed E-state index contributed by atoms with van der Waals surface area (Å²) in [6.45, 7) is 2.05. The van der Waals surface area contributed by atoms with Crippen molar-refractivity contribution in [3.8, 4) is 5.75 Å². The predicted octanol–water partition coefficient (Wildman–Crippen LogP) is 0.980. The molecule has 3 aromatic rings. The van der Waals surface area contributed by atoms with Crippen molar-refractivity contribution in [2.24, 2.45) is 14.1 Å². The number of aryl methyl sites for hydroxylation is 2. The smallest absolute Gasteiger partial charge is 0.157 e. The molecular weight excluding hydrogens is 320 g/mol. The molecule has 0 bridgehead atoms. The van der Waals surface area contributed by atoms with Crippen molar-refractivity contribution in [1.82, 2.24) is 29.7 Å². The lowest BCUT2D eigenvalue weighted by Gasteiger charge is -2.28. The van der Waals surface area contributed by atoms with E-state index in [1.54, 1.807) is 15.6 Å². The van der Waals surface area contributed by atoms with Gasteiger partial charge < -0.3 is 9.47 Å². The van der Waals surface area contributed by atoms with E-state index in [1.807, 2.05) is 20.3 Å². The minimum atomic E-state index is -0.00514. The van der Waals surface area contributed by atoms with Crippen molar-refractivity contribution in [1.29, 1.82) is 0 Å². The molecule has 0 unspecified atom stereocenters. The molecular formula is C17H22N6O2. The van der Waals surface area contributed by atoms with Crippen LogP contribution >= 0.6 is 0 Å². The van der Waals surface area contributed by atoms with Gasteiger partial charge in [0, 0.05) is 20.6 Å². The summed E-state index contributed by atoms with van der Waals surface area (Å²) >= 11 is 0. The van der Waals surface area contributed by atoms with Gasteiger partial charge in [0.05, 0.1) is 37.2 Å². The van der Waals surface area contributed by atoms with E-state index in [4.69, 9.17) is 9.47 Å². The summed E-state index contributed by atoms with van der Waals surface area (Å²) in [5, 5.41) is 12.4. The molecule has 2 atom stereocenters. The number of nitrogens with zero attached hydrogens (tertiary/aromatic N) is 6. The molecule has 2 aromatic heterocycles. The summed E-state index contributed by atoms with van der Waals surface area (Å²) in [6.07, 6.45) is 3.60. The van der Waals surface area contributed by atoms with E-state index in [-0.39, 0.29) is 12.1 Å². The molecule has 1 saturated heterocycles. The van der Waals surface area contributed by atoms with Crippen LogP contribution in [0.15, 0.2) is 30.6 Å². The first-order chi connectivity index (χ1) is 12.1. The molecule has 8 heteroatoms. The molecule has 0 amide bonds. The molecule has 0 spiro atoms. The largest absolute Gasteiger partial charge is 0.483 e. The zero-order chi connectivity index (χ0) is 17.4. The van der Waals surface area contributed by atoms with E-state index in [2.05, 4.69) is 45.6 Å². The van der Waals surface area contributed by atoms with Gasteiger partial charge in [-0.05, 0) is 24.7 Å². The molecule has 4 rings (SSSR count). The zero-order valence-corrected chi connectivity index (χ0v) is 14.7. The minimum absolute atomic E-state index is 0.00514. The van der Waals surface area contributed by atoms with Gasteiger partial charge in [-0.25, -0.2) is 4.68 Å². The SMILES string of the molecule is CN(Cc1ccc2c(c1)nnn2C)[C@H]1COC[C@H]1Oc1cnn(C)c1. The van der Waals surface area contributed by atoms with E-state index in [9.17, 15) is 0 Å². The Kier molecular flexibility index (Phi) is 4.14. The fourth-order valence-electron chi connectivity index (χ4n) is 3.27. The summed E-state index contributed by atoms with van der Waals surface area (Å²) in [5.41, 5.74) is 3.15. The molecule has 0 saturated carbocycles. The molecule has 132 valence electrons. The Morgan fingerprint density at radius 3 is 3.00 bits per heavy atom. The first kappa shape index (κ1) is 16.0. The van der Waals surface area contributed by atoms with E-state index in [1.165, 1.54) is 5.56 Å². The van der Waals surface area contributed by atoms with Crippen LogP contribution in [0.2, 0.25) is 0 Å². The molecule has 0 N–H and O–H groups in total. The van der Waals surface area contributed by atoms with E-state index >= 15 is 0 Å². The molecule has 3 heterocycles. The third-order valence-corrected chi connectivity index (χ3v) is 4.64. The summed E-state index contributed by atoms with van der Waals surface area (Å²) in [4.78, 5) is 2.27. The lowest BCUT2D eigenvalue weighted by Crippen LogP contribution is -2.42. The fraction of sp³-hybridized carbons (Fsp3) is 0.471. The van der Waals surface area contributed by atoms with Crippen molar-refractivity contribution < 1.29 is 9.47 Å². The average Bonchev–Trinajstić information content (AvgIpc) is 3.29. The molecule has 8 nitrogen and oxygen atoms in total. The van der Waals surface area contributed by atoms with Crippen molar-refractivity contribution >= 4 is 11.0 Å². The number of benzene rings is 1. The van der Waals surface area contributed by atoms with Gasteiger partial charge in [-0.2, -0.15) is 5.10 Å². The lowest BCUT2D eigenvalue weighted by atomic mass is 10.1. The van der Waals surface area contributed by atoms with E-state index in [0.717, 1.165) is 23.3 Å². The second kappa shape index (κ2) is 6.45. The van der Waals surface area contributed by atoms with Crippen LogP contribution in [0.1, 0.15) is 5.56 Å². The average molecular weight is 342 g/mol. The minimum Gasteiger partial charge on any atom is -0.483 e. The highest BCUT2D eigenvalue weighted by molar-refractivity contribution is 5.74. The van der Waals surface area contributed by atoms with Crippen molar-refractivity contribution in [3.63, 3.8) is 0 Å². The van der Waals surface area contributed by atoms with Crippen LogP contribution in [-0.2, 0) is 25.4 Å². The van der Waals surface area contributed by atoms with Crippen LogP contribution in [0.5, 0.6) is 5.75 Å². The maximum absolute atomic E-state index is 6.07. The third kappa shape index (κ3) is 3.22. The topological polar surface area (TPSA) is 70.2 Å². The Morgan fingerprint density at radius 1 is 1.32 bits per heavy atom. The first-order valence-corrected chi connectivity index (χ1v) is 8.32. The molecule has 0 radical (unpaired) electrons. The molecule has 1 aliphatic rings. The zero-order valence-electron chi connectivity index (χ0n) is 14.7. The van der Waals surface area contributed by atoms with Gasteiger partial charge in [0.1, 0.15) is 11.6 Å². The van der Waals surface area contributed by atoms with Gasteiger partial charge in [-0.3, -0.25) is 9.58 Å². The van der Waals surface area contributed by atoms with Crippen LogP contribution in [0.3, 0.4) is 0 Å². The number of rotatable bonds is 5. The maximum Gasteiger partial charge on any atom is 0.157 e. The van der Waals surface area contributed by atoms with Gasteiger partial charge >= 0.3 is 0 Å². The number of hydrogen-bond donors (Lipinski definition) is 0. The first-order valence-electron chi connectivity index (χ1n) is 8.32. The normalized spacial score (nSPS) is 20.6. The molecule has 0 aliphatic carbocycles. The van der Waals surface area contributed by atoms with Crippen molar-refractivity contribution in [2.45, 2.75) is 18.7 Å². The van der Waals surface area contributed by atoms with Crippen molar-refractivity contribution in [3.05, 3.63) is 36.2 Å². The number of aromatic nitrogens is 5. The number of ether oxygens (including phenoxy) is 2. The van der Waals surface area contributed by atoms with Crippen LogP contribution in [0.4, 0.5) is 0 Å². The Hall–Kier alpha value is -2.45. The highest BCUT2D eigenvalue weighted by atomic mass is 16.5. The Labute approximate surface area is 145 Å². The number of fused-ring (bicyclic) bond motifs is 1. The quantitative estimate of drug-likeness (QED) is 0.688. The predicted molar refractivity (Wildman–Crippen MR) is 92.2 cm³/mol. The molecule has 25 heavy (non-hydrogen) atoms. The monoisotopic (exact) mass is 342 g/mol. The molecule has 1 fully saturated rings. The van der Waals surface area contributed by atoms with Crippen LogP contribution in [-0.4, -0.2) is 62.1 Å². The lowest BCUT2D eigenvalue weighted by molar-refractivity contribution is 0.112. The second-order valence-electron chi connectivity index (χ2n) is 6.56. The van der Waals surface area contributed by atoms with E-state index in [0.29, 0.717) is 13.2 Å². The molecule has 1 aromatic carbocycles. The number of likely N-dealkylation sites (N-methyl/N-ethyl adjacent to an activating group) is 1. The Bertz CT molecular complexity index is 873. The fourth-order valence-corrected chi connectivity index (χ4v) is 3.27. The van der Waals surface area contributed by atoms with E-state index < -0.39 is 0 Å². The molecule has 1 aliphatic heterocycles. The summed E-state index contributed by atoms with van der Waals surface area (Å²) < 4.78 is 15.2. The Morgan fingerprint density at radius 2 is 2.20 bits per heavy atom. The van der Waals surface area contributed by atoms with Crippen molar-refractivity contribution in [2.75, 3.05) is 20.3 Å². The van der Waals surface area contributed by atoms with Gasteiger partial charge in [0.2, 0.25) is 0 Å². The van der Waals surface area contributed by atoms with Gasteiger partial charge in [-0.15, -0.1) is 5.10 Å². The highest BCUT2D eigenvalue weighted by Gasteiger charge is 2.33. The summed E-state index contributed by atoms with van der Waals surface area (Å²) in [7, 11) is 5.88. The van der Waals surface area contributed by atoms with Gasteiger partial charge in [0.15, 0.2) is 5.75 Å². The van der Waals surface area contributed by atoms with Crippen LogP contribution in [0, 0.1) is 0 Å². The van der Waals surface area contributed by atoms with Gasteiger partial charge in [0.25, 0.3) is 0 Å². The third-order valence-electron chi connectivity index (χ3n) is 4.64. The number of hydrogen-bond acceptors (Lipinski definition) is 6. The summed E-state index contributed by atoms with van der Waals surface area (Å²) in [5.74, 6) is 0.775. The van der Waals surface area contributed by atoms with Gasteiger partial charge in [-0.1, -0.05) is 11.3 Å². The second-order valence-corrected chi connectivity index (χ2v) is 6.56.